The van der Waals surface area contributed by atoms with Crippen LogP contribution in [0.3, 0.4) is 0 Å². The van der Waals surface area contributed by atoms with Crippen LogP contribution in [0.2, 0.25) is 0 Å². The van der Waals surface area contributed by atoms with E-state index in [1.54, 1.807) is 0 Å². The largest absolute Gasteiger partial charge is 0.399 e. The van der Waals surface area contributed by atoms with Gasteiger partial charge in [0.05, 0.1) is 6.17 Å². The van der Waals surface area contributed by atoms with Crippen LogP contribution in [-0.2, 0) is 0 Å². The summed E-state index contributed by atoms with van der Waals surface area (Å²) in [6.07, 6.45) is 1.86. The van der Waals surface area contributed by atoms with E-state index in [4.69, 9.17) is 5.73 Å². The molecule has 3 nitrogen and oxygen atoms in total. The van der Waals surface area contributed by atoms with Gasteiger partial charge in [0.25, 0.3) is 0 Å². The minimum atomic E-state index is 0.474. The summed E-state index contributed by atoms with van der Waals surface area (Å²) >= 11 is 0. The fourth-order valence-electron chi connectivity index (χ4n) is 5.09. The summed E-state index contributed by atoms with van der Waals surface area (Å²) in [5.41, 5.74) is 9.07. The average Bonchev–Trinajstić information content (AvgIpc) is 2.27. The molecule has 19 heavy (non-hydrogen) atoms. The van der Waals surface area contributed by atoms with E-state index in [1.807, 2.05) is 12.1 Å². The van der Waals surface area contributed by atoms with Gasteiger partial charge in [-0.2, -0.15) is 0 Å². The molecule has 102 valence electrons. The van der Waals surface area contributed by atoms with Crippen LogP contribution in [0.5, 0.6) is 0 Å². The Morgan fingerprint density at radius 2 is 1.42 bits per heavy atom. The molecule has 4 saturated heterocycles. The van der Waals surface area contributed by atoms with Gasteiger partial charge in [-0.25, -0.2) is 0 Å². The number of nitrogens with zero attached hydrogens (tertiary/aromatic N) is 2. The van der Waals surface area contributed by atoms with Crippen LogP contribution in [-0.4, -0.2) is 36.0 Å². The third-order valence-electron chi connectivity index (χ3n) is 5.12. The van der Waals surface area contributed by atoms with Crippen molar-refractivity contribution in [1.29, 1.82) is 0 Å². The summed E-state index contributed by atoms with van der Waals surface area (Å²) in [5, 5.41) is 0. The van der Waals surface area contributed by atoms with E-state index >= 15 is 0 Å². The highest BCUT2D eigenvalue weighted by atomic mass is 15.4. The van der Waals surface area contributed by atoms with E-state index < -0.39 is 0 Å². The van der Waals surface area contributed by atoms with Crippen LogP contribution in [0.25, 0.3) is 0 Å². The maximum atomic E-state index is 5.82. The zero-order chi connectivity index (χ0) is 13.3. The average molecular weight is 257 g/mol. The molecule has 4 aliphatic rings. The SMILES string of the molecule is CC12CN3CC(C)(CN(C1)C3c1ccc(N)cc1)C2. The fourth-order valence-corrected chi connectivity index (χ4v) is 5.09. The number of rotatable bonds is 1. The number of nitrogens with two attached hydrogens (primary N) is 1. The van der Waals surface area contributed by atoms with Crippen molar-refractivity contribution in [1.82, 2.24) is 9.80 Å². The molecule has 3 heteroatoms. The van der Waals surface area contributed by atoms with Crippen molar-refractivity contribution in [3.63, 3.8) is 0 Å². The van der Waals surface area contributed by atoms with Crippen molar-refractivity contribution in [3.05, 3.63) is 29.8 Å². The van der Waals surface area contributed by atoms with Gasteiger partial charge in [0.2, 0.25) is 0 Å². The van der Waals surface area contributed by atoms with Crippen molar-refractivity contribution in [2.45, 2.75) is 26.4 Å². The third kappa shape index (κ3) is 1.72. The highest BCUT2D eigenvalue weighted by Gasteiger charge is 2.56. The van der Waals surface area contributed by atoms with Gasteiger partial charge >= 0.3 is 0 Å². The number of piperidine rings is 2. The highest BCUT2D eigenvalue weighted by Crippen LogP contribution is 2.54. The lowest BCUT2D eigenvalue weighted by molar-refractivity contribution is -0.194. The van der Waals surface area contributed by atoms with Crippen molar-refractivity contribution in [3.8, 4) is 0 Å². The number of hydrogen-bond donors (Lipinski definition) is 1. The van der Waals surface area contributed by atoms with Crippen LogP contribution in [0, 0.1) is 10.8 Å². The molecule has 0 atom stereocenters. The Morgan fingerprint density at radius 3 is 1.89 bits per heavy atom. The van der Waals surface area contributed by atoms with Gasteiger partial charge in [0.1, 0.15) is 0 Å². The van der Waals surface area contributed by atoms with E-state index in [1.165, 1.54) is 38.2 Å². The van der Waals surface area contributed by atoms with Gasteiger partial charge in [-0.15, -0.1) is 0 Å². The Bertz CT molecular complexity index is 471. The first-order chi connectivity index (χ1) is 8.96. The molecule has 0 aromatic heterocycles. The Labute approximate surface area is 115 Å². The molecule has 1 aromatic rings. The molecular weight excluding hydrogens is 234 g/mol. The van der Waals surface area contributed by atoms with Crippen molar-refractivity contribution in [2.24, 2.45) is 10.8 Å². The molecule has 0 spiro atoms. The molecule has 4 aliphatic heterocycles. The highest BCUT2D eigenvalue weighted by molar-refractivity contribution is 5.40. The molecule has 0 amide bonds. The molecule has 5 rings (SSSR count). The zero-order valence-electron chi connectivity index (χ0n) is 11.9. The number of benzene rings is 1. The Kier molecular flexibility index (Phi) is 2.18. The van der Waals surface area contributed by atoms with E-state index in [9.17, 15) is 0 Å². The maximum absolute atomic E-state index is 5.82. The molecule has 0 radical (unpaired) electrons. The monoisotopic (exact) mass is 257 g/mol. The Balaban J connectivity index is 1.71. The van der Waals surface area contributed by atoms with E-state index in [-0.39, 0.29) is 0 Å². The Morgan fingerprint density at radius 1 is 0.947 bits per heavy atom. The van der Waals surface area contributed by atoms with E-state index in [2.05, 4.69) is 35.8 Å². The zero-order valence-corrected chi connectivity index (χ0v) is 11.9. The lowest BCUT2D eigenvalue weighted by Gasteiger charge is -2.66. The standard InChI is InChI=1S/C16H23N3/c1-15-7-16(2)10-18(8-15)14(19(9-15)11-16)12-3-5-13(17)6-4-12/h3-6,14H,7-11,17H2,1-2H3. The molecule has 4 fully saturated rings. The number of hydrogen-bond acceptors (Lipinski definition) is 3. The molecular formula is C16H23N3. The summed E-state index contributed by atoms with van der Waals surface area (Å²) in [6.45, 7) is 9.90. The first kappa shape index (κ1) is 11.7. The number of nitrogen functional groups attached to an aromatic ring is 1. The molecule has 0 unspecified atom stereocenters. The first-order valence-electron chi connectivity index (χ1n) is 7.30. The summed E-state index contributed by atoms with van der Waals surface area (Å²) < 4.78 is 0. The van der Waals surface area contributed by atoms with Crippen LogP contribution in [0.15, 0.2) is 24.3 Å². The fraction of sp³-hybridized carbons (Fsp3) is 0.625. The van der Waals surface area contributed by atoms with Crippen molar-refractivity contribution < 1.29 is 0 Å². The summed E-state index contributed by atoms with van der Waals surface area (Å²) in [5.74, 6) is 0. The minimum absolute atomic E-state index is 0.474. The molecule has 1 aromatic carbocycles. The predicted octanol–water partition coefficient (Wildman–Crippen LogP) is 2.31. The van der Waals surface area contributed by atoms with Gasteiger partial charge in [-0.3, -0.25) is 9.80 Å². The van der Waals surface area contributed by atoms with E-state index in [0.29, 0.717) is 17.0 Å². The van der Waals surface area contributed by atoms with Gasteiger partial charge in [-0.05, 0) is 34.9 Å². The second-order valence-corrected chi connectivity index (χ2v) is 7.65. The first-order valence-corrected chi connectivity index (χ1v) is 7.30. The lowest BCUT2D eigenvalue weighted by Crippen LogP contribution is -2.70. The summed E-state index contributed by atoms with van der Waals surface area (Å²) in [6, 6.07) is 8.47. The van der Waals surface area contributed by atoms with Crippen molar-refractivity contribution in [2.75, 3.05) is 31.9 Å². The second kappa shape index (κ2) is 3.53. The second-order valence-electron chi connectivity index (χ2n) is 7.65. The van der Waals surface area contributed by atoms with Crippen LogP contribution >= 0.6 is 0 Å². The summed E-state index contributed by atoms with van der Waals surface area (Å²) in [4.78, 5) is 5.37. The smallest absolute Gasteiger partial charge is 0.0887 e. The Hall–Kier alpha value is -1.06. The quantitative estimate of drug-likeness (QED) is 0.784. The topological polar surface area (TPSA) is 32.5 Å². The third-order valence-corrected chi connectivity index (χ3v) is 5.12. The normalized spacial score (nSPS) is 47.6. The van der Waals surface area contributed by atoms with Crippen LogP contribution < -0.4 is 5.73 Å². The molecule has 0 saturated carbocycles. The lowest BCUT2D eigenvalue weighted by atomic mass is 9.63. The maximum Gasteiger partial charge on any atom is 0.0887 e. The molecule has 0 aliphatic carbocycles. The van der Waals surface area contributed by atoms with Crippen molar-refractivity contribution >= 4 is 5.69 Å². The van der Waals surface area contributed by atoms with Gasteiger partial charge in [0.15, 0.2) is 0 Å². The van der Waals surface area contributed by atoms with Crippen LogP contribution in [0.4, 0.5) is 5.69 Å². The molecule has 4 bridgehead atoms. The van der Waals surface area contributed by atoms with Gasteiger partial charge < -0.3 is 5.73 Å². The van der Waals surface area contributed by atoms with Gasteiger partial charge in [0, 0.05) is 31.9 Å². The molecule has 4 heterocycles. The summed E-state index contributed by atoms with van der Waals surface area (Å²) in [7, 11) is 0. The number of anilines is 1. The van der Waals surface area contributed by atoms with Gasteiger partial charge in [-0.1, -0.05) is 26.0 Å². The van der Waals surface area contributed by atoms with Crippen LogP contribution in [0.1, 0.15) is 32.0 Å². The minimum Gasteiger partial charge on any atom is -0.399 e. The van der Waals surface area contributed by atoms with E-state index in [0.717, 1.165) is 5.69 Å². The predicted molar refractivity (Wildman–Crippen MR) is 77.6 cm³/mol. The molecule has 2 N–H and O–H groups in total.